The molecule has 0 aliphatic rings. The van der Waals surface area contributed by atoms with Gasteiger partial charge in [0.05, 0.1) is 5.56 Å². The van der Waals surface area contributed by atoms with Gasteiger partial charge >= 0.3 is 0 Å². The molecule has 0 atom stereocenters. The number of hydrogen-bond acceptors (Lipinski definition) is 2. The van der Waals surface area contributed by atoms with E-state index in [-0.39, 0.29) is 16.7 Å². The SMILES string of the molecule is CCc1c(O)c(C=O)cc(Cl)c1C(C)(C)C. The molecule has 16 heavy (non-hydrogen) atoms. The molecular formula is C13H17ClO2. The summed E-state index contributed by atoms with van der Waals surface area (Å²) in [6.07, 6.45) is 1.28. The third-order valence-corrected chi connectivity index (χ3v) is 2.91. The Morgan fingerprint density at radius 3 is 2.38 bits per heavy atom. The molecule has 1 aromatic carbocycles. The highest BCUT2D eigenvalue weighted by Gasteiger charge is 2.24. The van der Waals surface area contributed by atoms with Gasteiger partial charge in [-0.15, -0.1) is 0 Å². The van der Waals surface area contributed by atoms with Gasteiger partial charge in [-0.2, -0.15) is 0 Å². The van der Waals surface area contributed by atoms with E-state index < -0.39 is 0 Å². The number of benzene rings is 1. The van der Waals surface area contributed by atoms with Crippen molar-refractivity contribution < 1.29 is 9.90 Å². The molecule has 0 spiro atoms. The maximum Gasteiger partial charge on any atom is 0.153 e. The van der Waals surface area contributed by atoms with Crippen LogP contribution in [-0.2, 0) is 11.8 Å². The zero-order valence-electron chi connectivity index (χ0n) is 10.1. The number of aldehydes is 1. The Balaban J connectivity index is 3.62. The lowest BCUT2D eigenvalue weighted by Crippen LogP contribution is -2.15. The number of carbonyl (C=O) groups is 1. The van der Waals surface area contributed by atoms with Crippen LogP contribution < -0.4 is 0 Å². The van der Waals surface area contributed by atoms with Crippen LogP contribution in [0.15, 0.2) is 6.07 Å². The number of hydrogen-bond donors (Lipinski definition) is 1. The Morgan fingerprint density at radius 1 is 1.44 bits per heavy atom. The van der Waals surface area contributed by atoms with Crippen LogP contribution in [0.4, 0.5) is 0 Å². The second-order valence-corrected chi connectivity index (χ2v) is 5.28. The van der Waals surface area contributed by atoms with Crippen LogP contribution in [0, 0.1) is 0 Å². The molecule has 0 radical (unpaired) electrons. The van der Waals surface area contributed by atoms with Gasteiger partial charge in [-0.3, -0.25) is 4.79 Å². The molecule has 0 heterocycles. The molecule has 1 rings (SSSR count). The van der Waals surface area contributed by atoms with Crippen LogP contribution in [0.1, 0.15) is 49.2 Å². The van der Waals surface area contributed by atoms with Crippen molar-refractivity contribution in [1.82, 2.24) is 0 Å². The van der Waals surface area contributed by atoms with Gasteiger partial charge in [-0.1, -0.05) is 39.3 Å². The van der Waals surface area contributed by atoms with E-state index in [9.17, 15) is 9.90 Å². The lowest BCUT2D eigenvalue weighted by atomic mass is 9.82. The van der Waals surface area contributed by atoms with Crippen molar-refractivity contribution in [2.45, 2.75) is 39.5 Å². The second-order valence-electron chi connectivity index (χ2n) is 4.87. The molecule has 0 aliphatic heterocycles. The predicted octanol–water partition coefficient (Wildman–Crippen LogP) is 3.72. The summed E-state index contributed by atoms with van der Waals surface area (Å²) in [7, 11) is 0. The quantitative estimate of drug-likeness (QED) is 0.800. The number of phenols is 1. The first-order chi connectivity index (χ1) is 7.32. The normalized spacial score (nSPS) is 11.6. The Labute approximate surface area is 101 Å². The van der Waals surface area contributed by atoms with Gasteiger partial charge in [-0.25, -0.2) is 0 Å². The van der Waals surface area contributed by atoms with E-state index in [1.807, 2.05) is 27.7 Å². The lowest BCUT2D eigenvalue weighted by Gasteiger charge is -2.25. The minimum atomic E-state index is -0.151. The fourth-order valence-electron chi connectivity index (χ4n) is 1.96. The maximum atomic E-state index is 10.8. The van der Waals surface area contributed by atoms with E-state index in [2.05, 4.69) is 0 Å². The summed E-state index contributed by atoms with van der Waals surface area (Å²) in [5.74, 6) is 0.0619. The molecule has 0 fully saturated rings. The zero-order valence-corrected chi connectivity index (χ0v) is 10.9. The fraction of sp³-hybridized carbons (Fsp3) is 0.462. The highest BCUT2D eigenvalue weighted by molar-refractivity contribution is 6.32. The largest absolute Gasteiger partial charge is 0.507 e. The smallest absolute Gasteiger partial charge is 0.153 e. The molecular weight excluding hydrogens is 224 g/mol. The minimum Gasteiger partial charge on any atom is -0.507 e. The lowest BCUT2D eigenvalue weighted by molar-refractivity contribution is 0.112. The van der Waals surface area contributed by atoms with E-state index in [0.29, 0.717) is 17.7 Å². The van der Waals surface area contributed by atoms with E-state index in [1.54, 1.807) is 0 Å². The molecule has 0 unspecified atom stereocenters. The molecule has 0 saturated heterocycles. The average molecular weight is 241 g/mol. The number of rotatable bonds is 2. The molecule has 0 aromatic heterocycles. The molecule has 1 aromatic rings. The third-order valence-electron chi connectivity index (χ3n) is 2.61. The summed E-state index contributed by atoms with van der Waals surface area (Å²) in [5.41, 5.74) is 1.79. The highest BCUT2D eigenvalue weighted by atomic mass is 35.5. The van der Waals surface area contributed by atoms with Crippen molar-refractivity contribution in [2.75, 3.05) is 0 Å². The Kier molecular flexibility index (Phi) is 3.64. The molecule has 3 heteroatoms. The van der Waals surface area contributed by atoms with Crippen LogP contribution in [0.2, 0.25) is 5.02 Å². The first-order valence-corrected chi connectivity index (χ1v) is 5.70. The van der Waals surface area contributed by atoms with Gasteiger partial charge in [0.2, 0.25) is 0 Å². The number of phenolic OH excluding ortho intramolecular Hbond substituents is 1. The van der Waals surface area contributed by atoms with Gasteiger partial charge in [0, 0.05) is 5.02 Å². The van der Waals surface area contributed by atoms with Crippen molar-refractivity contribution >= 4 is 17.9 Å². The fourth-order valence-corrected chi connectivity index (χ4v) is 2.47. The first kappa shape index (κ1) is 13.0. The zero-order chi connectivity index (χ0) is 12.5. The summed E-state index contributed by atoms with van der Waals surface area (Å²) in [6.45, 7) is 8.05. The van der Waals surface area contributed by atoms with Crippen molar-refractivity contribution in [1.29, 1.82) is 0 Å². The highest BCUT2D eigenvalue weighted by Crippen LogP contribution is 2.38. The summed E-state index contributed by atoms with van der Waals surface area (Å²) in [4.78, 5) is 10.8. The van der Waals surface area contributed by atoms with Crippen molar-refractivity contribution in [3.63, 3.8) is 0 Å². The van der Waals surface area contributed by atoms with Crippen LogP contribution in [0.3, 0.4) is 0 Å². The van der Waals surface area contributed by atoms with Crippen molar-refractivity contribution in [2.24, 2.45) is 0 Å². The standard InChI is InChI=1S/C13H17ClO2/c1-5-9-11(13(2,3)4)10(14)6-8(7-15)12(9)16/h6-7,16H,5H2,1-4H3. The molecule has 1 N–H and O–H groups in total. The number of carbonyl (C=O) groups excluding carboxylic acids is 1. The van der Waals surface area contributed by atoms with Crippen LogP contribution >= 0.6 is 11.6 Å². The molecule has 0 amide bonds. The topological polar surface area (TPSA) is 37.3 Å². The predicted molar refractivity (Wildman–Crippen MR) is 66.6 cm³/mol. The Hall–Kier alpha value is -1.02. The second kappa shape index (κ2) is 4.46. The van der Waals surface area contributed by atoms with Gasteiger partial charge < -0.3 is 5.11 Å². The van der Waals surface area contributed by atoms with Crippen LogP contribution in [-0.4, -0.2) is 11.4 Å². The van der Waals surface area contributed by atoms with E-state index in [4.69, 9.17) is 11.6 Å². The van der Waals surface area contributed by atoms with Crippen molar-refractivity contribution in [3.8, 4) is 5.75 Å². The third kappa shape index (κ3) is 2.22. The first-order valence-electron chi connectivity index (χ1n) is 5.32. The molecule has 0 aliphatic carbocycles. The van der Waals surface area contributed by atoms with E-state index in [1.165, 1.54) is 6.07 Å². The van der Waals surface area contributed by atoms with Crippen LogP contribution in [0.5, 0.6) is 5.75 Å². The average Bonchev–Trinajstić information content (AvgIpc) is 2.18. The monoisotopic (exact) mass is 240 g/mol. The summed E-state index contributed by atoms with van der Waals surface area (Å²) < 4.78 is 0. The minimum absolute atomic E-state index is 0.0619. The van der Waals surface area contributed by atoms with Gasteiger partial charge in [0.1, 0.15) is 5.75 Å². The molecule has 0 bridgehead atoms. The van der Waals surface area contributed by atoms with Crippen LogP contribution in [0.25, 0.3) is 0 Å². The Bertz CT molecular complexity index is 417. The van der Waals surface area contributed by atoms with Gasteiger partial charge in [-0.05, 0) is 29.0 Å². The summed E-state index contributed by atoms with van der Waals surface area (Å²) in [5, 5.41) is 10.5. The summed E-state index contributed by atoms with van der Waals surface area (Å²) in [6, 6.07) is 1.53. The number of aromatic hydroxyl groups is 1. The van der Waals surface area contributed by atoms with Crippen molar-refractivity contribution in [3.05, 3.63) is 27.8 Å². The number of halogens is 1. The Morgan fingerprint density at radius 2 is 2.00 bits per heavy atom. The van der Waals surface area contributed by atoms with Gasteiger partial charge in [0.15, 0.2) is 6.29 Å². The van der Waals surface area contributed by atoms with Gasteiger partial charge in [0.25, 0.3) is 0 Å². The molecule has 88 valence electrons. The summed E-state index contributed by atoms with van der Waals surface area (Å²) >= 11 is 6.18. The van der Waals surface area contributed by atoms with E-state index in [0.717, 1.165) is 11.1 Å². The van der Waals surface area contributed by atoms with E-state index >= 15 is 0 Å². The maximum absolute atomic E-state index is 10.8. The molecule has 2 nitrogen and oxygen atoms in total. The molecule has 0 saturated carbocycles.